The molecule has 5 heteroatoms. The molecule has 0 aliphatic heterocycles. The van der Waals surface area contributed by atoms with Crippen molar-refractivity contribution in [3.8, 4) is 0 Å². The summed E-state index contributed by atoms with van der Waals surface area (Å²) in [5, 5.41) is 2.97. The van der Waals surface area contributed by atoms with Gasteiger partial charge in [0, 0.05) is 18.3 Å². The molecule has 0 heterocycles. The van der Waals surface area contributed by atoms with E-state index in [9.17, 15) is 4.48 Å². The Morgan fingerprint density at radius 3 is 2.50 bits per heavy atom. The van der Waals surface area contributed by atoms with Crippen LogP contribution in [0.4, 0.5) is 4.48 Å². The molecule has 2 atom stereocenters. The molecular weight excluding hydrogens is 233 g/mol. The molecule has 0 saturated heterocycles. The first kappa shape index (κ1) is 14.6. The van der Waals surface area contributed by atoms with E-state index in [0.717, 1.165) is 11.1 Å². The lowest BCUT2D eigenvalue weighted by Crippen LogP contribution is -2.41. The molecule has 0 saturated carbocycles. The van der Waals surface area contributed by atoms with Crippen molar-refractivity contribution in [2.24, 2.45) is 5.73 Å². The molecule has 0 aliphatic carbocycles. The fourth-order valence-corrected chi connectivity index (χ4v) is 1.59. The van der Waals surface area contributed by atoms with Crippen LogP contribution in [0.1, 0.15) is 31.0 Å². The van der Waals surface area contributed by atoms with Gasteiger partial charge < -0.3 is 10.5 Å². The van der Waals surface area contributed by atoms with Crippen molar-refractivity contribution >= 4 is 5.70 Å². The minimum atomic E-state index is -0.811. The third-order valence-corrected chi connectivity index (χ3v) is 2.62. The second kappa shape index (κ2) is 7.10. The van der Waals surface area contributed by atoms with Gasteiger partial charge in [-0.3, -0.25) is 5.32 Å². The van der Waals surface area contributed by atoms with Crippen LogP contribution in [0.15, 0.2) is 30.8 Å². The smallest absolute Gasteiger partial charge is 0.190 e. The molecule has 0 aromatic heterocycles. The third kappa shape index (κ3) is 4.10. The number of halogens is 1. The highest BCUT2D eigenvalue weighted by molar-refractivity contribution is 5.60. The Morgan fingerprint density at radius 1 is 1.44 bits per heavy atom. The number of rotatable bonds is 7. The van der Waals surface area contributed by atoms with Crippen LogP contribution in [-0.2, 0) is 4.74 Å². The zero-order valence-electron chi connectivity index (χ0n) is 10.7. The lowest BCUT2D eigenvalue weighted by molar-refractivity contribution is -0.0346. The summed E-state index contributed by atoms with van der Waals surface area (Å²) in [6.07, 6.45) is -0.811. The van der Waals surface area contributed by atoms with E-state index >= 15 is 0 Å². The predicted octanol–water partition coefficient (Wildman–Crippen LogP) is 2.06. The molecule has 1 aromatic carbocycles. The van der Waals surface area contributed by atoms with E-state index in [1.54, 1.807) is 12.5 Å². The summed E-state index contributed by atoms with van der Waals surface area (Å²) in [6.45, 7) is 7.82. The monoisotopic (exact) mass is 253 g/mol. The first-order valence-corrected chi connectivity index (χ1v) is 5.87. The SMILES string of the molecule is C=C(N)c1ccc(C(C)NC(NF)OCC)cc1. The summed E-state index contributed by atoms with van der Waals surface area (Å²) in [7, 11) is 0. The van der Waals surface area contributed by atoms with Crippen molar-refractivity contribution in [2.45, 2.75) is 26.2 Å². The second-order valence-electron chi connectivity index (χ2n) is 3.98. The molecule has 0 fully saturated rings. The van der Waals surface area contributed by atoms with Crippen molar-refractivity contribution < 1.29 is 9.22 Å². The molecule has 18 heavy (non-hydrogen) atoms. The van der Waals surface area contributed by atoms with Crippen LogP contribution < -0.4 is 16.6 Å². The summed E-state index contributed by atoms with van der Waals surface area (Å²) < 4.78 is 17.5. The highest BCUT2D eigenvalue weighted by Crippen LogP contribution is 2.16. The molecule has 0 spiro atoms. The standard InChI is InChI=1S/C13H20FN3O/c1-4-18-13(17-14)16-10(3)12-7-5-11(6-8-12)9(2)15/h5-8,10,13,16-17H,2,4,15H2,1,3H3. The van der Waals surface area contributed by atoms with Crippen molar-refractivity contribution in [1.82, 2.24) is 10.9 Å². The molecule has 100 valence electrons. The number of hydrogen-bond acceptors (Lipinski definition) is 4. The average molecular weight is 253 g/mol. The van der Waals surface area contributed by atoms with Crippen molar-refractivity contribution in [1.29, 1.82) is 0 Å². The largest absolute Gasteiger partial charge is 0.399 e. The maximum atomic E-state index is 12.4. The first-order chi connectivity index (χ1) is 8.58. The molecular formula is C13H20FN3O. The van der Waals surface area contributed by atoms with Crippen LogP contribution in [0.5, 0.6) is 0 Å². The molecule has 1 rings (SSSR count). The zero-order chi connectivity index (χ0) is 13.5. The summed E-state index contributed by atoms with van der Waals surface area (Å²) >= 11 is 0. The van der Waals surface area contributed by atoms with Crippen molar-refractivity contribution in [3.05, 3.63) is 42.0 Å². The van der Waals surface area contributed by atoms with Crippen LogP contribution >= 0.6 is 0 Å². The maximum Gasteiger partial charge on any atom is 0.190 e. The number of ether oxygens (including phenoxy) is 1. The predicted molar refractivity (Wildman–Crippen MR) is 70.9 cm³/mol. The minimum Gasteiger partial charge on any atom is -0.399 e. The summed E-state index contributed by atoms with van der Waals surface area (Å²) in [4.78, 5) is 0. The van der Waals surface area contributed by atoms with Crippen LogP contribution in [0.25, 0.3) is 5.70 Å². The van der Waals surface area contributed by atoms with E-state index in [-0.39, 0.29) is 6.04 Å². The lowest BCUT2D eigenvalue weighted by atomic mass is 10.1. The summed E-state index contributed by atoms with van der Waals surface area (Å²) in [6, 6.07) is 7.56. The minimum absolute atomic E-state index is 0.0510. The molecule has 0 radical (unpaired) electrons. The van der Waals surface area contributed by atoms with Gasteiger partial charge in [0.05, 0.1) is 0 Å². The molecule has 1 aromatic rings. The lowest BCUT2D eigenvalue weighted by Gasteiger charge is -2.21. The van der Waals surface area contributed by atoms with Gasteiger partial charge in [-0.2, -0.15) is 0 Å². The Bertz CT molecular complexity index is 380. The van der Waals surface area contributed by atoms with Gasteiger partial charge in [-0.25, -0.2) is 0 Å². The van der Waals surface area contributed by atoms with Gasteiger partial charge >= 0.3 is 0 Å². The molecule has 0 amide bonds. The number of nitrogens with one attached hydrogen (secondary N) is 2. The van der Waals surface area contributed by atoms with Gasteiger partial charge in [0.25, 0.3) is 0 Å². The molecule has 4 nitrogen and oxygen atoms in total. The van der Waals surface area contributed by atoms with Gasteiger partial charge in [0.1, 0.15) is 0 Å². The summed E-state index contributed by atoms with van der Waals surface area (Å²) in [5.41, 5.74) is 9.58. The van der Waals surface area contributed by atoms with Gasteiger partial charge in [-0.05, 0) is 25.0 Å². The van der Waals surface area contributed by atoms with E-state index in [4.69, 9.17) is 10.5 Å². The Balaban J connectivity index is 2.65. The Labute approximate surface area is 107 Å². The fraction of sp³-hybridized carbons (Fsp3) is 0.385. The van der Waals surface area contributed by atoms with Crippen LogP contribution in [-0.4, -0.2) is 13.0 Å². The van der Waals surface area contributed by atoms with E-state index in [1.807, 2.05) is 31.2 Å². The zero-order valence-corrected chi connectivity index (χ0v) is 10.7. The molecule has 2 unspecified atom stereocenters. The quantitative estimate of drug-likeness (QED) is 0.514. The Hall–Kier alpha value is -1.43. The molecule has 0 aliphatic rings. The normalized spacial score (nSPS) is 14.2. The maximum absolute atomic E-state index is 12.4. The van der Waals surface area contributed by atoms with Crippen molar-refractivity contribution in [2.75, 3.05) is 6.61 Å². The second-order valence-corrected chi connectivity index (χ2v) is 3.98. The average Bonchev–Trinajstić information content (AvgIpc) is 2.38. The number of benzene rings is 1. The summed E-state index contributed by atoms with van der Waals surface area (Å²) in [5.74, 6) is 0. The van der Waals surface area contributed by atoms with Gasteiger partial charge in [0.15, 0.2) is 6.35 Å². The molecule has 4 N–H and O–H groups in total. The van der Waals surface area contributed by atoms with Crippen molar-refractivity contribution in [3.63, 3.8) is 0 Å². The Morgan fingerprint density at radius 2 is 2.06 bits per heavy atom. The number of nitrogens with two attached hydrogens (primary N) is 1. The first-order valence-electron chi connectivity index (χ1n) is 5.87. The number of hydrogen-bond donors (Lipinski definition) is 3. The van der Waals surface area contributed by atoms with Crippen LogP contribution in [0.2, 0.25) is 0 Å². The van der Waals surface area contributed by atoms with E-state index in [2.05, 4.69) is 11.9 Å². The van der Waals surface area contributed by atoms with E-state index in [1.165, 1.54) is 0 Å². The Kier molecular flexibility index (Phi) is 5.77. The van der Waals surface area contributed by atoms with E-state index < -0.39 is 6.35 Å². The van der Waals surface area contributed by atoms with Gasteiger partial charge in [-0.15, -0.1) is 10.0 Å². The topological polar surface area (TPSA) is 59.3 Å². The van der Waals surface area contributed by atoms with Gasteiger partial charge in [0.2, 0.25) is 0 Å². The highest BCUT2D eigenvalue weighted by atomic mass is 19.2. The highest BCUT2D eigenvalue weighted by Gasteiger charge is 2.12. The van der Waals surface area contributed by atoms with Crippen LogP contribution in [0.3, 0.4) is 0 Å². The van der Waals surface area contributed by atoms with Crippen LogP contribution in [0, 0.1) is 0 Å². The fourth-order valence-electron chi connectivity index (χ4n) is 1.59. The van der Waals surface area contributed by atoms with Gasteiger partial charge in [-0.1, -0.05) is 30.8 Å². The van der Waals surface area contributed by atoms with E-state index in [0.29, 0.717) is 12.3 Å². The third-order valence-electron chi connectivity index (χ3n) is 2.62. The molecule has 0 bridgehead atoms.